The number of hydrogen-bond acceptors (Lipinski definition) is 4. The number of ether oxygens (including phenoxy) is 2. The molecule has 2 aliphatic heterocycles. The predicted octanol–water partition coefficient (Wildman–Crippen LogP) is 2.98. The minimum absolute atomic E-state index is 0.141. The first-order valence-electron chi connectivity index (χ1n) is 8.75. The summed E-state index contributed by atoms with van der Waals surface area (Å²) in [6.07, 6.45) is 0.350. The van der Waals surface area contributed by atoms with Gasteiger partial charge in [0.05, 0.1) is 0 Å². The van der Waals surface area contributed by atoms with Gasteiger partial charge in [0, 0.05) is 24.3 Å². The second-order valence-corrected chi connectivity index (χ2v) is 6.49. The number of carbonyl (C=O) groups excluding carboxylic acids is 2. The summed E-state index contributed by atoms with van der Waals surface area (Å²) in [7, 11) is 0. The number of amides is 2. The highest BCUT2D eigenvalue weighted by molar-refractivity contribution is 5.97. The number of hydrogen-bond donors (Lipinski definition) is 1. The Labute approximate surface area is 151 Å². The van der Waals surface area contributed by atoms with Crippen LogP contribution in [0.5, 0.6) is 11.5 Å². The van der Waals surface area contributed by atoms with Crippen LogP contribution in [0.15, 0.2) is 48.5 Å². The number of rotatable bonds is 3. The summed E-state index contributed by atoms with van der Waals surface area (Å²) >= 11 is 0. The Balaban J connectivity index is 1.44. The van der Waals surface area contributed by atoms with Crippen molar-refractivity contribution in [1.29, 1.82) is 0 Å². The van der Waals surface area contributed by atoms with E-state index in [1.54, 1.807) is 23.1 Å². The molecule has 0 saturated carbocycles. The fourth-order valence-electron chi connectivity index (χ4n) is 3.27. The number of benzene rings is 2. The third-order valence-corrected chi connectivity index (χ3v) is 4.62. The number of anilines is 2. The molecule has 1 saturated heterocycles. The lowest BCUT2D eigenvalue weighted by atomic mass is 10.1. The van der Waals surface area contributed by atoms with Gasteiger partial charge in [-0.2, -0.15) is 0 Å². The lowest BCUT2D eigenvalue weighted by Gasteiger charge is -2.31. The van der Waals surface area contributed by atoms with Gasteiger partial charge < -0.3 is 19.7 Å². The molecule has 0 bridgehead atoms. The van der Waals surface area contributed by atoms with Gasteiger partial charge in [-0.1, -0.05) is 12.1 Å². The van der Waals surface area contributed by atoms with Crippen molar-refractivity contribution in [2.24, 2.45) is 0 Å². The summed E-state index contributed by atoms with van der Waals surface area (Å²) in [6.45, 7) is 2.55. The van der Waals surface area contributed by atoms with Gasteiger partial charge in [-0.25, -0.2) is 0 Å². The van der Waals surface area contributed by atoms with Crippen molar-refractivity contribution in [3.8, 4) is 11.5 Å². The molecule has 6 heteroatoms. The van der Waals surface area contributed by atoms with Crippen molar-refractivity contribution in [3.63, 3.8) is 0 Å². The van der Waals surface area contributed by atoms with Crippen LogP contribution in [-0.2, 0) is 9.59 Å². The number of carbonyl (C=O) groups is 2. The predicted molar refractivity (Wildman–Crippen MR) is 97.6 cm³/mol. The van der Waals surface area contributed by atoms with Gasteiger partial charge in [-0.15, -0.1) is 0 Å². The van der Waals surface area contributed by atoms with Crippen molar-refractivity contribution in [2.75, 3.05) is 16.8 Å². The Morgan fingerprint density at radius 3 is 2.42 bits per heavy atom. The summed E-state index contributed by atoms with van der Waals surface area (Å²) < 4.78 is 11.6. The zero-order chi connectivity index (χ0) is 18.1. The second kappa shape index (κ2) is 6.71. The molecule has 2 atom stereocenters. The lowest BCUT2D eigenvalue weighted by Crippen LogP contribution is -2.46. The average Bonchev–Trinajstić information content (AvgIpc) is 3.07. The van der Waals surface area contributed by atoms with Crippen LogP contribution in [0.3, 0.4) is 0 Å². The molecule has 4 rings (SSSR count). The zero-order valence-corrected chi connectivity index (χ0v) is 14.5. The first kappa shape index (κ1) is 16.4. The highest BCUT2D eigenvalue weighted by Crippen LogP contribution is 2.33. The van der Waals surface area contributed by atoms with E-state index in [1.165, 1.54) is 0 Å². The zero-order valence-electron chi connectivity index (χ0n) is 14.5. The third-order valence-electron chi connectivity index (χ3n) is 4.62. The van der Waals surface area contributed by atoms with Gasteiger partial charge in [-0.05, 0) is 49.7 Å². The van der Waals surface area contributed by atoms with Crippen molar-refractivity contribution in [2.45, 2.75) is 32.0 Å². The summed E-state index contributed by atoms with van der Waals surface area (Å²) in [4.78, 5) is 26.2. The van der Waals surface area contributed by atoms with Gasteiger partial charge in [0.2, 0.25) is 12.0 Å². The Morgan fingerprint density at radius 1 is 1.08 bits per heavy atom. The van der Waals surface area contributed by atoms with Crippen LogP contribution >= 0.6 is 0 Å². The monoisotopic (exact) mass is 352 g/mol. The SMILES string of the molecule is C[C@@H]1Oc2ccccc2O[C@H]1C(=O)Nc1ccc(N2CCCC2=O)cc1. The van der Waals surface area contributed by atoms with E-state index in [-0.39, 0.29) is 11.8 Å². The van der Waals surface area contributed by atoms with Crippen LogP contribution in [0.25, 0.3) is 0 Å². The second-order valence-electron chi connectivity index (χ2n) is 6.49. The van der Waals surface area contributed by atoms with Crippen LogP contribution in [0.4, 0.5) is 11.4 Å². The molecule has 0 unspecified atom stereocenters. The van der Waals surface area contributed by atoms with Crippen molar-refractivity contribution in [3.05, 3.63) is 48.5 Å². The van der Waals surface area contributed by atoms with Crippen LogP contribution in [0, 0.1) is 0 Å². The van der Waals surface area contributed by atoms with Crippen LogP contribution in [0.1, 0.15) is 19.8 Å². The van der Waals surface area contributed by atoms with E-state index in [0.29, 0.717) is 23.6 Å². The molecule has 2 heterocycles. The lowest BCUT2D eigenvalue weighted by molar-refractivity contribution is -0.128. The van der Waals surface area contributed by atoms with Crippen LogP contribution in [0.2, 0.25) is 0 Å². The molecular formula is C20H20N2O4. The summed E-state index contributed by atoms with van der Waals surface area (Å²) in [6, 6.07) is 14.6. The molecule has 2 amide bonds. The Bertz CT molecular complexity index is 834. The highest BCUT2D eigenvalue weighted by Gasteiger charge is 2.34. The fraction of sp³-hybridized carbons (Fsp3) is 0.300. The van der Waals surface area contributed by atoms with E-state index in [0.717, 1.165) is 18.7 Å². The minimum atomic E-state index is -0.732. The molecule has 0 aliphatic carbocycles. The first-order chi connectivity index (χ1) is 12.6. The molecule has 0 aromatic heterocycles. The first-order valence-corrected chi connectivity index (χ1v) is 8.75. The highest BCUT2D eigenvalue weighted by atomic mass is 16.6. The van der Waals surface area contributed by atoms with E-state index < -0.39 is 12.2 Å². The Morgan fingerprint density at radius 2 is 1.77 bits per heavy atom. The number of para-hydroxylation sites is 2. The maximum atomic E-state index is 12.6. The average molecular weight is 352 g/mol. The summed E-state index contributed by atoms with van der Waals surface area (Å²) in [5, 5.41) is 2.85. The molecular weight excluding hydrogens is 332 g/mol. The van der Waals surface area contributed by atoms with Gasteiger partial charge in [0.1, 0.15) is 6.10 Å². The molecule has 0 radical (unpaired) electrons. The van der Waals surface area contributed by atoms with E-state index in [1.807, 2.05) is 37.3 Å². The molecule has 0 spiro atoms. The molecule has 2 aromatic rings. The quantitative estimate of drug-likeness (QED) is 0.922. The third kappa shape index (κ3) is 3.10. The maximum absolute atomic E-state index is 12.6. The maximum Gasteiger partial charge on any atom is 0.269 e. The number of nitrogens with one attached hydrogen (secondary N) is 1. The van der Waals surface area contributed by atoms with E-state index in [4.69, 9.17) is 9.47 Å². The molecule has 1 fully saturated rings. The summed E-state index contributed by atoms with van der Waals surface area (Å²) in [5.74, 6) is 1.08. The van der Waals surface area contributed by atoms with Crippen molar-refractivity contribution in [1.82, 2.24) is 0 Å². The molecule has 6 nitrogen and oxygen atoms in total. The molecule has 2 aliphatic rings. The standard InChI is InChI=1S/C20H20N2O4/c1-13-19(26-17-6-3-2-5-16(17)25-13)20(24)21-14-8-10-15(11-9-14)22-12-4-7-18(22)23/h2-3,5-6,8-11,13,19H,4,7,12H2,1H3,(H,21,24)/t13-,19+/m0/s1. The molecule has 134 valence electrons. The molecule has 1 N–H and O–H groups in total. The Hall–Kier alpha value is -3.02. The molecule has 2 aromatic carbocycles. The van der Waals surface area contributed by atoms with Gasteiger partial charge in [-0.3, -0.25) is 9.59 Å². The van der Waals surface area contributed by atoms with Crippen LogP contribution < -0.4 is 19.7 Å². The summed E-state index contributed by atoms with van der Waals surface area (Å²) in [5.41, 5.74) is 1.50. The van der Waals surface area contributed by atoms with Crippen LogP contribution in [-0.4, -0.2) is 30.6 Å². The largest absolute Gasteiger partial charge is 0.482 e. The van der Waals surface area contributed by atoms with E-state index >= 15 is 0 Å². The smallest absolute Gasteiger partial charge is 0.269 e. The normalized spacial score (nSPS) is 21.6. The fourth-order valence-corrected chi connectivity index (χ4v) is 3.27. The van der Waals surface area contributed by atoms with Gasteiger partial charge in [0.25, 0.3) is 5.91 Å². The van der Waals surface area contributed by atoms with Crippen molar-refractivity contribution < 1.29 is 19.1 Å². The topological polar surface area (TPSA) is 67.9 Å². The number of nitrogens with zero attached hydrogens (tertiary/aromatic N) is 1. The minimum Gasteiger partial charge on any atom is -0.482 e. The van der Waals surface area contributed by atoms with E-state index in [2.05, 4.69) is 5.32 Å². The number of fused-ring (bicyclic) bond motifs is 1. The van der Waals surface area contributed by atoms with E-state index in [9.17, 15) is 9.59 Å². The Kier molecular flexibility index (Phi) is 4.24. The van der Waals surface area contributed by atoms with Gasteiger partial charge in [0.15, 0.2) is 11.5 Å². The molecule has 26 heavy (non-hydrogen) atoms. The van der Waals surface area contributed by atoms with Gasteiger partial charge >= 0.3 is 0 Å². The van der Waals surface area contributed by atoms with Crippen molar-refractivity contribution >= 4 is 23.2 Å².